The topological polar surface area (TPSA) is 114 Å². The molecule has 172 valence electrons. The van der Waals surface area contributed by atoms with Crippen LogP contribution in [-0.4, -0.2) is 17.9 Å². The number of methoxy groups -OCH3 is 1. The fourth-order valence-electron chi connectivity index (χ4n) is 2.88. The van der Waals surface area contributed by atoms with Gasteiger partial charge in [0.25, 0.3) is 11.6 Å². The first kappa shape index (κ1) is 24.8. The van der Waals surface area contributed by atoms with Crippen molar-refractivity contribution in [2.45, 2.75) is 6.61 Å². The highest BCUT2D eigenvalue weighted by Gasteiger charge is 2.16. The van der Waals surface area contributed by atoms with E-state index in [1.54, 1.807) is 30.3 Å². The number of nitro groups is 1. The molecule has 10 heteroatoms. The fourth-order valence-corrected chi connectivity index (χ4v) is 3.51. The lowest BCUT2D eigenvalue weighted by Crippen LogP contribution is -2.14. The molecule has 0 aromatic heterocycles. The minimum absolute atomic E-state index is 0.0787. The van der Waals surface area contributed by atoms with Crippen LogP contribution in [0.5, 0.6) is 11.5 Å². The van der Waals surface area contributed by atoms with Gasteiger partial charge < -0.3 is 14.8 Å². The maximum atomic E-state index is 12.7. The molecule has 0 unspecified atom stereocenters. The zero-order chi connectivity index (χ0) is 24.7. The molecule has 0 saturated carbocycles. The van der Waals surface area contributed by atoms with Crippen molar-refractivity contribution in [3.05, 3.63) is 97.0 Å². The number of carbonyl (C=O) groups excluding carboxylic acids is 1. The summed E-state index contributed by atoms with van der Waals surface area (Å²) >= 11 is 9.32. The lowest BCUT2D eigenvalue weighted by atomic mass is 10.1. The highest BCUT2D eigenvalue weighted by Crippen LogP contribution is 2.30. The van der Waals surface area contributed by atoms with Gasteiger partial charge in [0.1, 0.15) is 29.7 Å². The number of ether oxygens (including phenoxy) is 2. The van der Waals surface area contributed by atoms with Crippen molar-refractivity contribution < 1.29 is 19.2 Å². The first-order valence-corrected chi connectivity index (χ1v) is 10.9. The lowest BCUT2D eigenvalue weighted by Gasteiger charge is -2.10. The van der Waals surface area contributed by atoms with Crippen LogP contribution >= 0.6 is 27.5 Å². The van der Waals surface area contributed by atoms with Gasteiger partial charge in [-0.2, -0.15) is 5.26 Å². The first-order valence-electron chi connectivity index (χ1n) is 9.73. The molecule has 1 N–H and O–H groups in total. The van der Waals surface area contributed by atoms with Gasteiger partial charge in [0.05, 0.1) is 22.2 Å². The molecule has 0 radical (unpaired) electrons. The Balaban J connectivity index is 1.76. The number of nitriles is 1. The third kappa shape index (κ3) is 6.34. The molecule has 0 fully saturated rings. The third-order valence-electron chi connectivity index (χ3n) is 4.58. The van der Waals surface area contributed by atoms with E-state index < -0.39 is 10.8 Å². The van der Waals surface area contributed by atoms with Gasteiger partial charge in [-0.05, 0) is 63.5 Å². The van der Waals surface area contributed by atoms with E-state index in [2.05, 4.69) is 21.2 Å². The Labute approximate surface area is 208 Å². The minimum Gasteiger partial charge on any atom is -0.495 e. The van der Waals surface area contributed by atoms with Crippen molar-refractivity contribution >= 4 is 50.9 Å². The second-order valence-corrected chi connectivity index (χ2v) is 8.16. The van der Waals surface area contributed by atoms with Gasteiger partial charge in [0.2, 0.25) is 0 Å². The second-order valence-electron chi connectivity index (χ2n) is 6.87. The number of amides is 1. The normalized spacial score (nSPS) is 10.8. The molecule has 34 heavy (non-hydrogen) atoms. The number of nitro benzene ring substituents is 1. The molecule has 3 aromatic carbocycles. The zero-order valence-corrected chi connectivity index (χ0v) is 20.1. The quantitative estimate of drug-likeness (QED) is 0.158. The van der Waals surface area contributed by atoms with Crippen LogP contribution in [0.1, 0.15) is 11.1 Å². The van der Waals surface area contributed by atoms with Gasteiger partial charge in [-0.1, -0.05) is 29.8 Å². The zero-order valence-electron chi connectivity index (χ0n) is 17.7. The van der Waals surface area contributed by atoms with Gasteiger partial charge in [-0.15, -0.1) is 0 Å². The summed E-state index contributed by atoms with van der Waals surface area (Å²) in [7, 11) is 1.37. The molecule has 0 aliphatic heterocycles. The molecular formula is C24H17BrClN3O5. The van der Waals surface area contributed by atoms with Gasteiger partial charge in [-0.25, -0.2) is 0 Å². The van der Waals surface area contributed by atoms with Crippen LogP contribution in [0.3, 0.4) is 0 Å². The Morgan fingerprint density at radius 3 is 2.50 bits per heavy atom. The maximum Gasteiger partial charge on any atom is 0.271 e. The predicted octanol–water partition coefficient (Wildman–Crippen LogP) is 6.14. The molecular weight excluding hydrogens is 526 g/mol. The van der Waals surface area contributed by atoms with Crippen LogP contribution < -0.4 is 14.8 Å². The van der Waals surface area contributed by atoms with Crippen LogP contribution in [0.15, 0.2) is 70.7 Å². The van der Waals surface area contributed by atoms with Crippen molar-refractivity contribution in [1.82, 2.24) is 0 Å². The van der Waals surface area contributed by atoms with E-state index in [1.165, 1.54) is 25.3 Å². The Morgan fingerprint density at radius 2 is 1.88 bits per heavy atom. The average molecular weight is 543 g/mol. The van der Waals surface area contributed by atoms with Crippen molar-refractivity contribution in [2.24, 2.45) is 0 Å². The summed E-state index contributed by atoms with van der Waals surface area (Å²) in [4.78, 5) is 23.1. The molecule has 1 amide bonds. The smallest absolute Gasteiger partial charge is 0.271 e. The molecule has 0 aliphatic carbocycles. The summed E-state index contributed by atoms with van der Waals surface area (Å²) in [6.45, 7) is 0.335. The fraction of sp³-hybridized carbons (Fsp3) is 0.0833. The van der Waals surface area contributed by atoms with Crippen molar-refractivity contribution in [2.75, 3.05) is 12.4 Å². The maximum absolute atomic E-state index is 12.7. The highest BCUT2D eigenvalue weighted by atomic mass is 79.9. The number of nitrogens with one attached hydrogen (secondary N) is 1. The highest BCUT2D eigenvalue weighted by molar-refractivity contribution is 9.10. The lowest BCUT2D eigenvalue weighted by molar-refractivity contribution is -0.384. The van der Waals surface area contributed by atoms with Gasteiger partial charge in [0, 0.05) is 17.2 Å². The SMILES string of the molecule is COc1ccc([N+](=O)[O-])cc1NC(=O)/C(C#N)=C/c1ccc(OCc2ccc(Cl)cc2)c(Br)c1. The Bertz CT molecular complexity index is 1300. The van der Waals surface area contributed by atoms with E-state index in [9.17, 15) is 20.2 Å². The van der Waals surface area contributed by atoms with Crippen LogP contribution in [0.2, 0.25) is 5.02 Å². The van der Waals surface area contributed by atoms with Gasteiger partial charge in [-0.3, -0.25) is 14.9 Å². The van der Waals surface area contributed by atoms with Gasteiger partial charge in [0.15, 0.2) is 0 Å². The van der Waals surface area contributed by atoms with E-state index in [-0.39, 0.29) is 22.7 Å². The number of rotatable bonds is 8. The summed E-state index contributed by atoms with van der Waals surface area (Å²) in [5.41, 5.74) is 1.17. The Hall–Kier alpha value is -3.87. The standard InChI is InChI=1S/C24H17BrClN3O5/c1-33-23-9-7-19(29(31)32)12-21(23)28-24(30)17(13-27)10-16-4-8-22(20(25)11-16)34-14-15-2-5-18(26)6-3-15/h2-12H,14H2,1H3,(H,28,30)/b17-10+. The summed E-state index contributed by atoms with van der Waals surface area (Å²) in [5, 5.41) is 23.7. The molecule has 3 aromatic rings. The second kappa shape index (κ2) is 11.3. The largest absolute Gasteiger partial charge is 0.495 e. The monoisotopic (exact) mass is 541 g/mol. The number of benzene rings is 3. The number of hydrogen-bond donors (Lipinski definition) is 1. The molecule has 3 rings (SSSR count). The Morgan fingerprint density at radius 1 is 1.18 bits per heavy atom. The van der Waals surface area contributed by atoms with E-state index in [0.29, 0.717) is 27.4 Å². The van der Waals surface area contributed by atoms with Gasteiger partial charge >= 0.3 is 0 Å². The summed E-state index contributed by atoms with van der Waals surface area (Å²) in [5.74, 6) is 0.0676. The Kier molecular flexibility index (Phi) is 8.24. The van der Waals surface area contributed by atoms with E-state index in [1.807, 2.05) is 18.2 Å². The molecule has 0 aliphatic rings. The summed E-state index contributed by atoms with van der Waals surface area (Å²) in [6.07, 6.45) is 1.40. The van der Waals surface area contributed by atoms with E-state index >= 15 is 0 Å². The molecule has 8 nitrogen and oxygen atoms in total. The average Bonchev–Trinajstić information content (AvgIpc) is 2.82. The van der Waals surface area contributed by atoms with E-state index in [0.717, 1.165) is 11.6 Å². The number of halogens is 2. The number of nitrogens with zero attached hydrogens (tertiary/aromatic N) is 2. The first-order chi connectivity index (χ1) is 16.3. The number of non-ortho nitro benzene ring substituents is 1. The molecule has 0 bridgehead atoms. The van der Waals surface area contributed by atoms with E-state index in [4.69, 9.17) is 21.1 Å². The number of anilines is 1. The number of carbonyl (C=O) groups is 1. The summed E-state index contributed by atoms with van der Waals surface area (Å²) < 4.78 is 11.6. The van der Waals surface area contributed by atoms with Crippen LogP contribution in [-0.2, 0) is 11.4 Å². The minimum atomic E-state index is -0.736. The van der Waals surface area contributed by atoms with Crippen LogP contribution in [0.4, 0.5) is 11.4 Å². The third-order valence-corrected chi connectivity index (χ3v) is 5.45. The molecule has 0 saturated heterocycles. The number of hydrogen-bond acceptors (Lipinski definition) is 6. The molecule has 0 heterocycles. The predicted molar refractivity (Wildman–Crippen MR) is 132 cm³/mol. The molecule has 0 spiro atoms. The van der Waals surface area contributed by atoms with Crippen molar-refractivity contribution in [1.29, 1.82) is 5.26 Å². The summed E-state index contributed by atoms with van der Waals surface area (Å²) in [6, 6.07) is 18.0. The van der Waals surface area contributed by atoms with Crippen LogP contribution in [0, 0.1) is 21.4 Å². The van der Waals surface area contributed by atoms with Crippen molar-refractivity contribution in [3.63, 3.8) is 0 Å². The van der Waals surface area contributed by atoms with Crippen molar-refractivity contribution in [3.8, 4) is 17.6 Å². The van der Waals surface area contributed by atoms with Crippen LogP contribution in [0.25, 0.3) is 6.08 Å². The molecule has 0 atom stereocenters.